The number of nitrogens with zero attached hydrogens (tertiary/aromatic N) is 2. The Labute approximate surface area is 172 Å². The monoisotopic (exact) mass is 414 g/mol. The number of fused-ring (bicyclic) bond motifs is 1. The summed E-state index contributed by atoms with van der Waals surface area (Å²) in [6.45, 7) is 6.02. The van der Waals surface area contributed by atoms with Crippen molar-refractivity contribution < 1.29 is 9.53 Å². The van der Waals surface area contributed by atoms with Gasteiger partial charge in [-0.15, -0.1) is 6.58 Å². The summed E-state index contributed by atoms with van der Waals surface area (Å²) >= 11 is 7.22. The fourth-order valence-corrected chi connectivity index (χ4v) is 4.03. The molecule has 0 N–H and O–H groups in total. The zero-order valence-corrected chi connectivity index (χ0v) is 16.9. The summed E-state index contributed by atoms with van der Waals surface area (Å²) in [4.78, 5) is 30.2. The van der Waals surface area contributed by atoms with Crippen LogP contribution in [0.3, 0.4) is 0 Å². The van der Waals surface area contributed by atoms with Crippen molar-refractivity contribution in [2.24, 2.45) is 0 Å². The summed E-state index contributed by atoms with van der Waals surface area (Å²) in [5.41, 5.74) is 1.07. The molecule has 1 atom stereocenters. The van der Waals surface area contributed by atoms with Crippen LogP contribution in [-0.4, -0.2) is 22.1 Å². The van der Waals surface area contributed by atoms with Gasteiger partial charge in [-0.05, 0) is 30.7 Å². The predicted molar refractivity (Wildman–Crippen MR) is 113 cm³/mol. The normalized spacial score (nSPS) is 11.9. The lowest BCUT2D eigenvalue weighted by molar-refractivity contribution is -0.142. The van der Waals surface area contributed by atoms with Gasteiger partial charge in [-0.1, -0.05) is 59.8 Å². The summed E-state index contributed by atoms with van der Waals surface area (Å²) in [6.07, 6.45) is 1.62. The molecule has 2 aromatic carbocycles. The molecule has 0 radical (unpaired) electrons. The number of rotatable bonds is 7. The van der Waals surface area contributed by atoms with E-state index in [1.54, 1.807) is 31.2 Å². The Morgan fingerprint density at radius 1 is 1.32 bits per heavy atom. The molecule has 0 unspecified atom stereocenters. The number of thioether (sulfide) groups is 1. The second kappa shape index (κ2) is 9.08. The third-order valence-electron chi connectivity index (χ3n) is 4.02. The number of hydrogen-bond donors (Lipinski definition) is 0. The van der Waals surface area contributed by atoms with E-state index in [2.05, 4.69) is 11.6 Å². The minimum atomic E-state index is -0.645. The summed E-state index contributed by atoms with van der Waals surface area (Å²) in [5, 5.41) is 0.659. The Balaban J connectivity index is 2.13. The van der Waals surface area contributed by atoms with Crippen LogP contribution in [0.1, 0.15) is 17.7 Å². The highest BCUT2D eigenvalue weighted by Gasteiger charge is 2.26. The Hall–Kier alpha value is -2.57. The van der Waals surface area contributed by atoms with Crippen LogP contribution >= 0.6 is 23.4 Å². The van der Waals surface area contributed by atoms with E-state index in [0.717, 1.165) is 5.56 Å². The molecular formula is C21H19ClN2O3S. The van der Waals surface area contributed by atoms with Crippen LogP contribution in [0.4, 0.5) is 0 Å². The molecule has 0 fully saturated rings. The van der Waals surface area contributed by atoms with Gasteiger partial charge >= 0.3 is 5.97 Å². The van der Waals surface area contributed by atoms with Crippen molar-refractivity contribution in [1.82, 2.24) is 9.55 Å². The number of hydrogen-bond acceptors (Lipinski definition) is 5. The van der Waals surface area contributed by atoms with Crippen LogP contribution in [0.15, 0.2) is 71.1 Å². The summed E-state index contributed by atoms with van der Waals surface area (Å²) in [5.74, 6) is -0.380. The lowest BCUT2D eigenvalue weighted by Crippen LogP contribution is -2.24. The van der Waals surface area contributed by atoms with Gasteiger partial charge in [-0.25, -0.2) is 4.98 Å². The van der Waals surface area contributed by atoms with E-state index in [1.165, 1.54) is 16.3 Å². The second-order valence-corrected chi connectivity index (χ2v) is 7.43. The maximum absolute atomic E-state index is 13.0. The number of allylic oxidation sites excluding steroid dienone is 1. The molecule has 28 heavy (non-hydrogen) atoms. The Kier molecular flexibility index (Phi) is 6.54. The summed E-state index contributed by atoms with van der Waals surface area (Å²) < 4.78 is 6.74. The van der Waals surface area contributed by atoms with Gasteiger partial charge in [-0.3, -0.25) is 14.2 Å². The lowest BCUT2D eigenvalue weighted by Gasteiger charge is -2.18. The standard InChI is InChI=1S/C21H19ClN2O3S/c1-3-12-24-19(25)16-13-15(22)10-11-17(16)23-21(24)28-18(20(26)27-4-2)14-8-6-5-7-9-14/h3,5-11,13,18H,1,4,12H2,2H3/t18-/m1/s1. The largest absolute Gasteiger partial charge is 0.465 e. The van der Waals surface area contributed by atoms with Gasteiger partial charge in [0, 0.05) is 11.6 Å². The molecule has 1 heterocycles. The van der Waals surface area contributed by atoms with Crippen LogP contribution in [0.25, 0.3) is 10.9 Å². The maximum atomic E-state index is 13.0. The van der Waals surface area contributed by atoms with E-state index >= 15 is 0 Å². The molecule has 0 spiro atoms. The topological polar surface area (TPSA) is 61.2 Å². The first-order chi connectivity index (χ1) is 13.5. The van der Waals surface area contributed by atoms with Gasteiger partial charge in [0.25, 0.3) is 5.56 Å². The Bertz CT molecular complexity index is 1070. The van der Waals surface area contributed by atoms with Crippen LogP contribution in [0.2, 0.25) is 5.02 Å². The Morgan fingerprint density at radius 2 is 2.07 bits per heavy atom. The zero-order chi connectivity index (χ0) is 20.1. The van der Waals surface area contributed by atoms with Crippen LogP contribution in [-0.2, 0) is 16.1 Å². The zero-order valence-electron chi connectivity index (χ0n) is 15.3. The average molecular weight is 415 g/mol. The van der Waals surface area contributed by atoms with E-state index in [9.17, 15) is 9.59 Å². The molecule has 0 saturated heterocycles. The van der Waals surface area contributed by atoms with Crippen molar-refractivity contribution in [1.29, 1.82) is 0 Å². The third kappa shape index (κ3) is 4.29. The molecule has 0 amide bonds. The second-order valence-electron chi connectivity index (χ2n) is 5.92. The molecule has 7 heteroatoms. The van der Waals surface area contributed by atoms with E-state index < -0.39 is 5.25 Å². The molecule has 3 rings (SSSR count). The third-order valence-corrected chi connectivity index (χ3v) is 5.48. The minimum Gasteiger partial charge on any atom is -0.465 e. The van der Waals surface area contributed by atoms with Crippen molar-refractivity contribution >= 4 is 40.2 Å². The molecule has 0 aliphatic heterocycles. The van der Waals surface area contributed by atoms with Crippen LogP contribution in [0.5, 0.6) is 0 Å². The fourth-order valence-electron chi connectivity index (χ4n) is 2.76. The van der Waals surface area contributed by atoms with Gasteiger partial charge in [0.05, 0.1) is 17.5 Å². The highest BCUT2D eigenvalue weighted by molar-refractivity contribution is 8.00. The summed E-state index contributed by atoms with van der Waals surface area (Å²) in [6, 6.07) is 14.3. The first-order valence-corrected chi connectivity index (χ1v) is 10.00. The quantitative estimate of drug-likeness (QED) is 0.244. The van der Waals surface area contributed by atoms with E-state index in [4.69, 9.17) is 16.3 Å². The molecule has 0 saturated carbocycles. The molecule has 3 aromatic rings. The molecule has 1 aromatic heterocycles. The van der Waals surface area contributed by atoms with Crippen LogP contribution < -0.4 is 5.56 Å². The van der Waals surface area contributed by atoms with Gasteiger partial charge in [0.2, 0.25) is 0 Å². The molecular weight excluding hydrogens is 396 g/mol. The first kappa shape index (κ1) is 20.2. The first-order valence-electron chi connectivity index (χ1n) is 8.74. The number of carbonyl (C=O) groups excluding carboxylic acids is 1. The predicted octanol–water partition coefficient (Wildman–Crippen LogP) is 4.63. The van der Waals surface area contributed by atoms with Crippen molar-refractivity contribution in [3.8, 4) is 0 Å². The van der Waals surface area contributed by atoms with Gasteiger partial charge in [0.1, 0.15) is 5.25 Å². The highest BCUT2D eigenvalue weighted by atomic mass is 35.5. The average Bonchev–Trinajstić information content (AvgIpc) is 2.70. The molecule has 5 nitrogen and oxygen atoms in total. The van der Waals surface area contributed by atoms with Crippen molar-refractivity contribution in [3.05, 3.63) is 82.1 Å². The van der Waals surface area contributed by atoms with Crippen LogP contribution in [0, 0.1) is 0 Å². The smallest absolute Gasteiger partial charge is 0.324 e. The number of esters is 1. The maximum Gasteiger partial charge on any atom is 0.324 e. The molecule has 144 valence electrons. The SMILES string of the molecule is C=CCn1c(S[C@@H](C(=O)OCC)c2ccccc2)nc2ccc(Cl)cc2c1=O. The summed E-state index contributed by atoms with van der Waals surface area (Å²) in [7, 11) is 0. The van der Waals surface area contributed by atoms with E-state index in [0.29, 0.717) is 21.1 Å². The van der Waals surface area contributed by atoms with Gasteiger partial charge in [0.15, 0.2) is 5.16 Å². The van der Waals surface area contributed by atoms with Crippen molar-refractivity contribution in [3.63, 3.8) is 0 Å². The number of aromatic nitrogens is 2. The minimum absolute atomic E-state index is 0.231. The van der Waals surface area contributed by atoms with Crippen molar-refractivity contribution in [2.75, 3.05) is 6.61 Å². The lowest BCUT2D eigenvalue weighted by atomic mass is 10.1. The number of benzene rings is 2. The van der Waals surface area contributed by atoms with E-state index in [1.807, 2.05) is 30.3 Å². The van der Waals surface area contributed by atoms with Gasteiger partial charge in [-0.2, -0.15) is 0 Å². The highest BCUT2D eigenvalue weighted by Crippen LogP contribution is 2.35. The molecule has 0 aliphatic carbocycles. The molecule has 0 aliphatic rings. The van der Waals surface area contributed by atoms with Crippen molar-refractivity contribution in [2.45, 2.75) is 23.9 Å². The Morgan fingerprint density at radius 3 is 2.75 bits per heavy atom. The number of ether oxygens (including phenoxy) is 1. The number of halogens is 1. The van der Waals surface area contributed by atoms with E-state index in [-0.39, 0.29) is 24.7 Å². The number of carbonyl (C=O) groups is 1. The van der Waals surface area contributed by atoms with Gasteiger partial charge < -0.3 is 4.74 Å². The fraction of sp³-hybridized carbons (Fsp3) is 0.190. The molecule has 0 bridgehead atoms.